The molecule has 8 heteroatoms. The highest BCUT2D eigenvalue weighted by Crippen LogP contribution is 2.25. The lowest BCUT2D eigenvalue weighted by Crippen LogP contribution is -2.56. The molecule has 6 N–H and O–H groups in total. The highest BCUT2D eigenvalue weighted by atomic mass is 31.2. The summed E-state index contributed by atoms with van der Waals surface area (Å²) in [6.45, 7) is 7.27. The van der Waals surface area contributed by atoms with Gasteiger partial charge in [-0.2, -0.15) is 0 Å². The lowest BCUT2D eigenvalue weighted by molar-refractivity contribution is -0.151. The molecule has 0 fully saturated rings. The van der Waals surface area contributed by atoms with Crippen LogP contribution in [0, 0.1) is 0 Å². The summed E-state index contributed by atoms with van der Waals surface area (Å²) < 4.78 is 14.0. The Morgan fingerprint density at radius 2 is 1.53 bits per heavy atom. The first kappa shape index (κ1) is 17.4. The van der Waals surface area contributed by atoms with Crippen LogP contribution in [-0.2, 0) is 9.30 Å². The molecule has 1 atom stereocenters. The van der Waals surface area contributed by atoms with E-state index in [4.69, 9.17) is 29.7 Å². The van der Waals surface area contributed by atoms with Crippen molar-refractivity contribution in [3.8, 4) is 0 Å². The monoisotopic (exact) mass is 245 g/mol. The fourth-order valence-electron chi connectivity index (χ4n) is 0.476. The number of hydrogen-bond acceptors (Lipinski definition) is 4. The molecule has 0 saturated carbocycles. The third kappa shape index (κ3) is 11.9. The van der Waals surface area contributed by atoms with Crippen LogP contribution in [0.1, 0.15) is 27.7 Å². The minimum atomic E-state index is -4.64. The SMILES string of the molecule is CCOC(C)(N)C(C)(C)O.O=P(O)(O)O. The molecule has 0 aromatic carbocycles. The zero-order valence-corrected chi connectivity index (χ0v) is 10.2. The van der Waals surface area contributed by atoms with Gasteiger partial charge >= 0.3 is 7.82 Å². The second kappa shape index (κ2) is 5.91. The van der Waals surface area contributed by atoms with E-state index in [0.717, 1.165) is 0 Å². The molecule has 94 valence electrons. The molecule has 0 radical (unpaired) electrons. The van der Waals surface area contributed by atoms with Crippen LogP contribution in [0.3, 0.4) is 0 Å². The van der Waals surface area contributed by atoms with E-state index in [2.05, 4.69) is 0 Å². The number of rotatable bonds is 3. The summed E-state index contributed by atoms with van der Waals surface area (Å²) in [6, 6.07) is 0. The lowest BCUT2D eigenvalue weighted by Gasteiger charge is -2.36. The molecule has 0 heterocycles. The minimum Gasteiger partial charge on any atom is -0.386 e. The number of hydrogen-bond donors (Lipinski definition) is 5. The highest BCUT2D eigenvalue weighted by Gasteiger charge is 2.36. The van der Waals surface area contributed by atoms with Crippen LogP contribution in [0.4, 0.5) is 0 Å². The van der Waals surface area contributed by atoms with Gasteiger partial charge in [0.2, 0.25) is 0 Å². The zero-order valence-electron chi connectivity index (χ0n) is 9.34. The third-order valence-corrected chi connectivity index (χ3v) is 1.66. The molecule has 0 amide bonds. The second-order valence-corrected chi connectivity index (χ2v) is 4.64. The average molecular weight is 245 g/mol. The van der Waals surface area contributed by atoms with Gasteiger partial charge < -0.3 is 30.3 Å². The first-order chi connectivity index (χ1) is 6.31. The third-order valence-electron chi connectivity index (χ3n) is 1.66. The number of ether oxygens (including phenoxy) is 1. The molecule has 0 spiro atoms. The Hall–Kier alpha value is -0.0100. The molecule has 0 saturated heterocycles. The van der Waals surface area contributed by atoms with Crippen LogP contribution < -0.4 is 5.73 Å². The van der Waals surface area contributed by atoms with Crippen molar-refractivity contribution >= 4 is 7.82 Å². The van der Waals surface area contributed by atoms with Gasteiger partial charge in [-0.05, 0) is 27.7 Å². The first-order valence-corrected chi connectivity index (χ1v) is 5.81. The molecule has 15 heavy (non-hydrogen) atoms. The Kier molecular flexibility index (Phi) is 6.85. The molecule has 0 aliphatic rings. The Morgan fingerprint density at radius 1 is 1.27 bits per heavy atom. The quantitative estimate of drug-likeness (QED) is 0.335. The summed E-state index contributed by atoms with van der Waals surface area (Å²) >= 11 is 0. The van der Waals surface area contributed by atoms with E-state index in [1.165, 1.54) is 0 Å². The van der Waals surface area contributed by atoms with Crippen molar-refractivity contribution < 1.29 is 29.1 Å². The number of phosphoric acid groups is 1. The Labute approximate surface area is 89.1 Å². The summed E-state index contributed by atoms with van der Waals surface area (Å²) in [6.07, 6.45) is 0. The minimum absolute atomic E-state index is 0.511. The van der Waals surface area contributed by atoms with Crippen LogP contribution in [0.25, 0.3) is 0 Å². The van der Waals surface area contributed by atoms with Gasteiger partial charge in [0, 0.05) is 6.61 Å². The molecule has 0 aliphatic carbocycles. The molecule has 7 nitrogen and oxygen atoms in total. The van der Waals surface area contributed by atoms with Gasteiger partial charge in [0.1, 0.15) is 11.3 Å². The van der Waals surface area contributed by atoms with Gasteiger partial charge in [-0.25, -0.2) is 4.57 Å². The van der Waals surface area contributed by atoms with Gasteiger partial charge in [-0.1, -0.05) is 0 Å². The van der Waals surface area contributed by atoms with E-state index in [-0.39, 0.29) is 0 Å². The van der Waals surface area contributed by atoms with Gasteiger partial charge in [-0.3, -0.25) is 0 Å². The molecule has 0 aromatic rings. The summed E-state index contributed by atoms with van der Waals surface area (Å²) in [5, 5.41) is 9.43. The molecular weight excluding hydrogens is 225 g/mol. The molecule has 0 bridgehead atoms. The van der Waals surface area contributed by atoms with Crippen molar-refractivity contribution in [3.63, 3.8) is 0 Å². The summed E-state index contributed by atoms with van der Waals surface area (Å²) in [5.41, 5.74) is 3.68. The van der Waals surface area contributed by atoms with Crippen molar-refractivity contribution in [1.82, 2.24) is 0 Å². The Balaban J connectivity index is 0. The van der Waals surface area contributed by atoms with Crippen LogP contribution >= 0.6 is 7.82 Å². The van der Waals surface area contributed by atoms with Crippen molar-refractivity contribution in [2.24, 2.45) is 5.73 Å². The standard InChI is InChI=1S/C7H17NO2.H3O4P/c1-5-10-7(4,8)6(2,3)9;1-5(2,3)4/h9H,5,8H2,1-4H3;(H3,1,2,3,4). The fraction of sp³-hybridized carbons (Fsp3) is 1.00. The second-order valence-electron chi connectivity index (χ2n) is 3.61. The first-order valence-electron chi connectivity index (χ1n) is 4.24. The Morgan fingerprint density at radius 3 is 1.60 bits per heavy atom. The van der Waals surface area contributed by atoms with Crippen molar-refractivity contribution in [3.05, 3.63) is 0 Å². The molecule has 0 aromatic heterocycles. The van der Waals surface area contributed by atoms with Crippen LogP contribution in [0.15, 0.2) is 0 Å². The largest absolute Gasteiger partial charge is 0.466 e. The van der Waals surface area contributed by atoms with Crippen LogP contribution in [0.5, 0.6) is 0 Å². The predicted octanol–water partition coefficient (Wildman–Crippen LogP) is -0.460. The highest BCUT2D eigenvalue weighted by molar-refractivity contribution is 7.45. The number of nitrogens with two attached hydrogens (primary N) is 1. The fourth-order valence-corrected chi connectivity index (χ4v) is 0.476. The van der Waals surface area contributed by atoms with Crippen LogP contribution in [0.2, 0.25) is 0 Å². The zero-order chi connectivity index (χ0) is 12.9. The maximum absolute atomic E-state index is 9.43. The smallest absolute Gasteiger partial charge is 0.386 e. The van der Waals surface area contributed by atoms with Gasteiger partial charge in [0.25, 0.3) is 0 Å². The summed E-state index contributed by atoms with van der Waals surface area (Å²) in [5.74, 6) is 0. The predicted molar refractivity (Wildman–Crippen MR) is 54.8 cm³/mol. The number of aliphatic hydroxyl groups is 1. The van der Waals surface area contributed by atoms with E-state index in [1.54, 1.807) is 20.8 Å². The molecule has 0 rings (SSSR count). The average Bonchev–Trinajstić information content (AvgIpc) is 1.79. The van der Waals surface area contributed by atoms with E-state index in [1.807, 2.05) is 6.92 Å². The topological polar surface area (TPSA) is 133 Å². The normalized spacial score (nSPS) is 16.3. The van der Waals surface area contributed by atoms with E-state index in [0.29, 0.717) is 6.61 Å². The van der Waals surface area contributed by atoms with E-state index in [9.17, 15) is 5.11 Å². The lowest BCUT2D eigenvalue weighted by atomic mass is 9.97. The molecule has 1 unspecified atom stereocenters. The Bertz CT molecular complexity index is 210. The van der Waals surface area contributed by atoms with Crippen molar-refractivity contribution in [2.75, 3.05) is 6.61 Å². The van der Waals surface area contributed by atoms with Crippen LogP contribution in [-0.4, -0.2) is 37.7 Å². The summed E-state index contributed by atoms with van der Waals surface area (Å²) in [7, 11) is -4.64. The van der Waals surface area contributed by atoms with E-state index < -0.39 is 19.1 Å². The van der Waals surface area contributed by atoms with Gasteiger partial charge in [0.15, 0.2) is 0 Å². The summed E-state index contributed by atoms with van der Waals surface area (Å²) in [4.78, 5) is 21.6. The van der Waals surface area contributed by atoms with Crippen molar-refractivity contribution in [2.45, 2.75) is 39.0 Å². The maximum Gasteiger partial charge on any atom is 0.466 e. The van der Waals surface area contributed by atoms with Gasteiger partial charge in [0.05, 0.1) is 0 Å². The molecular formula is C7H20NO6P. The van der Waals surface area contributed by atoms with Crippen molar-refractivity contribution in [1.29, 1.82) is 0 Å². The maximum atomic E-state index is 9.43. The molecule has 0 aliphatic heterocycles. The van der Waals surface area contributed by atoms with Gasteiger partial charge in [-0.15, -0.1) is 0 Å². The van der Waals surface area contributed by atoms with E-state index >= 15 is 0 Å².